The summed E-state index contributed by atoms with van der Waals surface area (Å²) in [6.45, 7) is 2.35. The number of rotatable bonds is 3. The second-order valence-electron chi connectivity index (χ2n) is 7.49. The number of hydrogen-bond acceptors (Lipinski definition) is 1. The number of halogens is 3. The van der Waals surface area contributed by atoms with E-state index in [1.807, 2.05) is 0 Å². The van der Waals surface area contributed by atoms with Crippen molar-refractivity contribution in [3.05, 3.63) is 29.3 Å². The zero-order valence-electron chi connectivity index (χ0n) is 13.7. The fourth-order valence-corrected chi connectivity index (χ4v) is 4.70. The summed E-state index contributed by atoms with van der Waals surface area (Å²) < 4.78 is 32.4. The monoisotopic (exact) mass is 342 g/mol. The van der Waals surface area contributed by atoms with Crippen molar-refractivity contribution in [3.63, 3.8) is 0 Å². The SMILES string of the molecule is CC1CCC(C2CCC(c3ccc(OCl)c(F)c3F)CC2)CC1. The van der Waals surface area contributed by atoms with Gasteiger partial charge in [0.1, 0.15) is 11.9 Å². The topological polar surface area (TPSA) is 9.23 Å². The van der Waals surface area contributed by atoms with Crippen LogP contribution in [0.1, 0.15) is 69.8 Å². The van der Waals surface area contributed by atoms with E-state index in [1.54, 1.807) is 6.07 Å². The molecule has 0 radical (unpaired) electrons. The summed E-state index contributed by atoms with van der Waals surface area (Å²) in [6, 6.07) is 3.05. The molecule has 1 nitrogen and oxygen atoms in total. The molecule has 4 heteroatoms. The maximum Gasteiger partial charge on any atom is 0.203 e. The van der Waals surface area contributed by atoms with Crippen LogP contribution < -0.4 is 4.29 Å². The molecule has 0 amide bonds. The normalized spacial score (nSPS) is 31.8. The van der Waals surface area contributed by atoms with Crippen LogP contribution in [-0.4, -0.2) is 0 Å². The highest BCUT2D eigenvalue weighted by Gasteiger charge is 2.32. The van der Waals surface area contributed by atoms with Gasteiger partial charge in [-0.1, -0.05) is 25.8 Å². The first kappa shape index (κ1) is 17.0. The molecule has 0 atom stereocenters. The molecule has 23 heavy (non-hydrogen) atoms. The fraction of sp³-hybridized carbons (Fsp3) is 0.684. The van der Waals surface area contributed by atoms with Crippen LogP contribution in [0.25, 0.3) is 0 Å². The molecule has 0 unspecified atom stereocenters. The molecule has 0 N–H and O–H groups in total. The van der Waals surface area contributed by atoms with Gasteiger partial charge in [-0.3, -0.25) is 0 Å². The Labute approximate surface area is 142 Å². The molecule has 0 aliphatic heterocycles. The van der Waals surface area contributed by atoms with Crippen LogP contribution in [0, 0.1) is 29.4 Å². The minimum atomic E-state index is -0.971. The predicted octanol–water partition coefficient (Wildman–Crippen LogP) is 6.60. The molecule has 0 spiro atoms. The molecule has 2 fully saturated rings. The van der Waals surface area contributed by atoms with Crippen LogP contribution in [0.2, 0.25) is 0 Å². The van der Waals surface area contributed by atoms with Crippen LogP contribution in [0.5, 0.6) is 5.75 Å². The van der Waals surface area contributed by atoms with Gasteiger partial charge in [0.15, 0.2) is 11.6 Å². The summed E-state index contributed by atoms with van der Waals surface area (Å²) >= 11 is 5.15. The van der Waals surface area contributed by atoms with Gasteiger partial charge in [0.25, 0.3) is 0 Å². The zero-order chi connectivity index (χ0) is 16.4. The van der Waals surface area contributed by atoms with Crippen molar-refractivity contribution in [1.82, 2.24) is 0 Å². The van der Waals surface area contributed by atoms with E-state index < -0.39 is 11.6 Å². The molecule has 2 aliphatic carbocycles. The maximum absolute atomic E-state index is 14.2. The summed E-state index contributed by atoms with van der Waals surface area (Å²) in [4.78, 5) is 0. The quantitative estimate of drug-likeness (QED) is 0.601. The molecule has 1 aromatic carbocycles. The molecule has 2 saturated carbocycles. The third-order valence-electron chi connectivity index (χ3n) is 6.10. The Hall–Kier alpha value is -0.830. The summed E-state index contributed by atoms with van der Waals surface area (Å²) in [5.41, 5.74) is 0.482. The highest BCUT2D eigenvalue weighted by molar-refractivity contribution is 6.09. The average molecular weight is 343 g/mol. The first-order valence-electron chi connectivity index (χ1n) is 8.86. The molecule has 0 bridgehead atoms. The van der Waals surface area contributed by atoms with E-state index >= 15 is 0 Å². The summed E-state index contributed by atoms with van der Waals surface area (Å²) in [5, 5.41) is 0. The Balaban J connectivity index is 1.62. The molecular weight excluding hydrogens is 318 g/mol. The standard InChI is InChI=1S/C19H25ClF2O/c1-12-2-4-13(5-3-12)14-6-8-15(9-7-14)16-10-11-17(23-20)19(22)18(16)21/h10-15H,2-9H2,1H3. The Bertz CT molecular complexity index is 532. The lowest BCUT2D eigenvalue weighted by Gasteiger charge is -2.37. The Morgan fingerprint density at radius 1 is 0.870 bits per heavy atom. The van der Waals surface area contributed by atoms with Crippen molar-refractivity contribution in [2.75, 3.05) is 0 Å². The van der Waals surface area contributed by atoms with Gasteiger partial charge < -0.3 is 4.29 Å². The lowest BCUT2D eigenvalue weighted by atomic mass is 9.68. The lowest BCUT2D eigenvalue weighted by molar-refractivity contribution is 0.164. The van der Waals surface area contributed by atoms with Crippen LogP contribution in [0.15, 0.2) is 12.1 Å². The second-order valence-corrected chi connectivity index (χ2v) is 7.64. The first-order valence-corrected chi connectivity index (χ1v) is 9.17. The minimum absolute atomic E-state index is 0.118. The number of hydrogen-bond donors (Lipinski definition) is 0. The van der Waals surface area contributed by atoms with Crippen molar-refractivity contribution in [2.24, 2.45) is 17.8 Å². The third kappa shape index (κ3) is 3.65. The van der Waals surface area contributed by atoms with Gasteiger partial charge >= 0.3 is 0 Å². The largest absolute Gasteiger partial charge is 0.382 e. The van der Waals surface area contributed by atoms with Gasteiger partial charge in [-0.15, -0.1) is 0 Å². The van der Waals surface area contributed by atoms with E-state index in [4.69, 9.17) is 11.9 Å². The average Bonchev–Trinajstić information content (AvgIpc) is 2.58. The van der Waals surface area contributed by atoms with Crippen molar-refractivity contribution in [1.29, 1.82) is 0 Å². The molecule has 2 aliphatic rings. The van der Waals surface area contributed by atoms with Gasteiger partial charge in [0.05, 0.1) is 0 Å². The molecule has 0 saturated heterocycles. The van der Waals surface area contributed by atoms with Gasteiger partial charge in [-0.2, -0.15) is 4.39 Å². The molecule has 1 aromatic rings. The van der Waals surface area contributed by atoms with Crippen molar-refractivity contribution in [2.45, 2.75) is 64.2 Å². The van der Waals surface area contributed by atoms with Gasteiger partial charge in [0.2, 0.25) is 5.82 Å². The smallest absolute Gasteiger partial charge is 0.203 e. The van der Waals surface area contributed by atoms with E-state index in [0.717, 1.165) is 43.4 Å². The Kier molecular flexibility index (Phi) is 5.45. The maximum atomic E-state index is 14.2. The van der Waals surface area contributed by atoms with Crippen LogP contribution in [-0.2, 0) is 0 Å². The lowest BCUT2D eigenvalue weighted by Crippen LogP contribution is -2.25. The highest BCUT2D eigenvalue weighted by Crippen LogP contribution is 2.44. The van der Waals surface area contributed by atoms with Crippen LogP contribution in [0.3, 0.4) is 0 Å². The molecule has 128 valence electrons. The predicted molar refractivity (Wildman–Crippen MR) is 88.7 cm³/mol. The Morgan fingerprint density at radius 2 is 1.43 bits per heavy atom. The van der Waals surface area contributed by atoms with E-state index in [9.17, 15) is 8.78 Å². The summed E-state index contributed by atoms with van der Waals surface area (Å²) in [7, 11) is 0. The van der Waals surface area contributed by atoms with Crippen molar-refractivity contribution < 1.29 is 13.1 Å². The fourth-order valence-electron chi connectivity index (χ4n) is 4.58. The zero-order valence-corrected chi connectivity index (χ0v) is 14.4. The molecular formula is C19H25ClF2O. The summed E-state index contributed by atoms with van der Waals surface area (Å²) in [6.07, 6.45) is 9.58. The minimum Gasteiger partial charge on any atom is -0.382 e. The van der Waals surface area contributed by atoms with E-state index in [1.165, 1.54) is 31.7 Å². The van der Waals surface area contributed by atoms with Crippen LogP contribution in [0.4, 0.5) is 8.78 Å². The van der Waals surface area contributed by atoms with E-state index in [-0.39, 0.29) is 11.7 Å². The Morgan fingerprint density at radius 3 is 2.00 bits per heavy atom. The van der Waals surface area contributed by atoms with Crippen LogP contribution >= 0.6 is 11.9 Å². The van der Waals surface area contributed by atoms with Crippen molar-refractivity contribution in [3.8, 4) is 5.75 Å². The van der Waals surface area contributed by atoms with Gasteiger partial charge in [-0.25, -0.2) is 4.39 Å². The molecule has 3 rings (SSSR count). The van der Waals surface area contributed by atoms with Crippen molar-refractivity contribution >= 4 is 11.9 Å². The third-order valence-corrected chi connectivity index (χ3v) is 6.26. The summed E-state index contributed by atoms with van der Waals surface area (Å²) in [5.74, 6) is 0.616. The van der Waals surface area contributed by atoms with Gasteiger partial charge in [0, 0.05) is 0 Å². The second kappa shape index (κ2) is 7.38. The van der Waals surface area contributed by atoms with Gasteiger partial charge in [-0.05, 0) is 73.8 Å². The highest BCUT2D eigenvalue weighted by atomic mass is 35.5. The first-order chi connectivity index (χ1) is 11.1. The van der Waals surface area contributed by atoms with E-state index in [2.05, 4.69) is 11.2 Å². The van der Waals surface area contributed by atoms with E-state index in [0.29, 0.717) is 5.56 Å². The molecule has 0 heterocycles. The molecule has 0 aromatic heterocycles. The number of benzene rings is 1.